The molecule has 4 rings (SSSR count). The molecule has 1 aliphatic rings. The van der Waals surface area contributed by atoms with Crippen LogP contribution in [0.3, 0.4) is 0 Å². The predicted octanol–water partition coefficient (Wildman–Crippen LogP) is 1.64. The summed E-state index contributed by atoms with van der Waals surface area (Å²) < 4.78 is 1.88. The molecule has 1 fully saturated rings. The Morgan fingerprint density at radius 3 is 2.83 bits per heavy atom. The van der Waals surface area contributed by atoms with Crippen molar-refractivity contribution in [1.29, 1.82) is 0 Å². The monoisotopic (exact) mass is 346 g/mol. The number of aromatic amines is 1. The minimum Gasteiger partial charge on any atom is -0.337 e. The normalized spacial score (nSPS) is 15.2. The first-order valence-electron chi connectivity index (χ1n) is 7.87. The summed E-state index contributed by atoms with van der Waals surface area (Å²) in [6.45, 7) is 3.23. The number of amides is 1. The molecule has 0 radical (unpaired) electrons. The van der Waals surface area contributed by atoms with Crippen molar-refractivity contribution in [2.45, 2.75) is 6.42 Å². The van der Waals surface area contributed by atoms with Crippen LogP contribution in [-0.2, 0) is 0 Å². The van der Waals surface area contributed by atoms with Gasteiger partial charge in [-0.25, -0.2) is 0 Å². The Morgan fingerprint density at radius 1 is 1.12 bits per heavy atom. The molecule has 24 heavy (non-hydrogen) atoms. The van der Waals surface area contributed by atoms with Crippen molar-refractivity contribution in [3.63, 3.8) is 0 Å². The number of benzene rings is 1. The molecular weight excluding hydrogens is 328 g/mol. The molecule has 0 atom stereocenters. The smallest absolute Gasteiger partial charge is 0.258 e. The van der Waals surface area contributed by atoms with Gasteiger partial charge < -0.3 is 19.6 Å². The molecule has 2 aromatic heterocycles. The van der Waals surface area contributed by atoms with E-state index in [0.717, 1.165) is 31.6 Å². The Morgan fingerprint density at radius 2 is 1.96 bits per heavy atom. The molecule has 0 aliphatic carbocycles. The van der Waals surface area contributed by atoms with Crippen LogP contribution in [0.2, 0.25) is 0 Å². The number of nitrogens with zero attached hydrogens (tertiary/aromatic N) is 2. The lowest BCUT2D eigenvalue weighted by Gasteiger charge is -2.18. The van der Waals surface area contributed by atoms with Crippen molar-refractivity contribution in [3.05, 3.63) is 52.4 Å². The van der Waals surface area contributed by atoms with Gasteiger partial charge in [0.1, 0.15) is 5.65 Å². The second kappa shape index (κ2) is 6.67. The van der Waals surface area contributed by atoms with Gasteiger partial charge in [-0.05, 0) is 31.2 Å². The largest absolute Gasteiger partial charge is 0.337 e. The Labute approximate surface area is 144 Å². The van der Waals surface area contributed by atoms with E-state index in [1.165, 1.54) is 0 Å². The molecule has 3 aromatic rings. The number of aromatic nitrogens is 2. The molecule has 7 heteroatoms. The number of H-pyrrole nitrogens is 1. The van der Waals surface area contributed by atoms with Gasteiger partial charge in [0.15, 0.2) is 0 Å². The van der Waals surface area contributed by atoms with Crippen LogP contribution in [0.25, 0.3) is 16.6 Å². The zero-order valence-electron chi connectivity index (χ0n) is 13.1. The average molecular weight is 347 g/mol. The number of halogens is 1. The molecule has 0 spiro atoms. The number of carbonyl (C=O) groups is 1. The van der Waals surface area contributed by atoms with E-state index in [2.05, 4.69) is 10.3 Å². The van der Waals surface area contributed by atoms with E-state index in [4.69, 9.17) is 0 Å². The van der Waals surface area contributed by atoms with Crippen LogP contribution in [0.4, 0.5) is 0 Å². The van der Waals surface area contributed by atoms with E-state index in [9.17, 15) is 9.59 Å². The number of hydrogen-bond acceptors (Lipinski definition) is 3. The van der Waals surface area contributed by atoms with Gasteiger partial charge in [-0.3, -0.25) is 9.59 Å². The zero-order valence-corrected chi connectivity index (χ0v) is 13.9. The molecule has 0 saturated carbocycles. The number of para-hydroxylation sites is 1. The van der Waals surface area contributed by atoms with E-state index >= 15 is 0 Å². The van der Waals surface area contributed by atoms with E-state index < -0.39 is 0 Å². The van der Waals surface area contributed by atoms with Crippen LogP contribution in [0, 0.1) is 0 Å². The minimum atomic E-state index is -0.135. The number of carbonyl (C=O) groups excluding carboxylic acids is 1. The van der Waals surface area contributed by atoms with Crippen molar-refractivity contribution in [3.8, 4) is 0 Å². The molecule has 1 amide bonds. The highest BCUT2D eigenvalue weighted by Crippen LogP contribution is 2.16. The molecule has 1 aromatic carbocycles. The third-order valence-electron chi connectivity index (χ3n) is 4.34. The van der Waals surface area contributed by atoms with Crippen LogP contribution < -0.4 is 10.9 Å². The maximum atomic E-state index is 12.7. The van der Waals surface area contributed by atoms with Gasteiger partial charge in [0, 0.05) is 25.8 Å². The Bertz CT molecular complexity index is 939. The lowest BCUT2D eigenvalue weighted by atomic mass is 10.2. The fourth-order valence-corrected chi connectivity index (χ4v) is 3.17. The maximum absolute atomic E-state index is 12.7. The maximum Gasteiger partial charge on any atom is 0.258 e. The molecular formula is C17H19ClN4O2. The van der Waals surface area contributed by atoms with Crippen molar-refractivity contribution in [2.24, 2.45) is 0 Å². The van der Waals surface area contributed by atoms with Crippen LogP contribution in [-0.4, -0.2) is 46.4 Å². The Balaban J connectivity index is 0.00000169. The highest BCUT2D eigenvalue weighted by Gasteiger charge is 2.19. The quantitative estimate of drug-likeness (QED) is 0.703. The zero-order chi connectivity index (χ0) is 15.8. The molecule has 2 N–H and O–H groups in total. The Hall–Kier alpha value is -2.31. The van der Waals surface area contributed by atoms with Gasteiger partial charge in [-0.2, -0.15) is 0 Å². The Kier molecular flexibility index (Phi) is 4.59. The van der Waals surface area contributed by atoms with Gasteiger partial charge >= 0.3 is 0 Å². The second-order valence-corrected chi connectivity index (χ2v) is 5.85. The SMILES string of the molecule is Cl.O=C(c1cc2[nH]c(=O)c3ccccc3n2c1)N1CCCNCC1. The van der Waals surface area contributed by atoms with Crippen LogP contribution in [0.5, 0.6) is 0 Å². The molecule has 3 heterocycles. The first kappa shape index (κ1) is 16.5. The summed E-state index contributed by atoms with van der Waals surface area (Å²) in [5, 5.41) is 3.91. The van der Waals surface area contributed by atoms with Gasteiger partial charge in [-0.1, -0.05) is 12.1 Å². The summed E-state index contributed by atoms with van der Waals surface area (Å²) in [6, 6.07) is 9.16. The number of fused-ring (bicyclic) bond motifs is 3. The summed E-state index contributed by atoms with van der Waals surface area (Å²) >= 11 is 0. The highest BCUT2D eigenvalue weighted by molar-refractivity contribution is 5.96. The topological polar surface area (TPSA) is 69.6 Å². The number of hydrogen-bond donors (Lipinski definition) is 2. The first-order valence-corrected chi connectivity index (χ1v) is 7.87. The first-order chi connectivity index (χ1) is 11.2. The molecule has 126 valence electrons. The summed E-state index contributed by atoms with van der Waals surface area (Å²) in [4.78, 5) is 29.6. The fraction of sp³-hybridized carbons (Fsp3) is 0.294. The van der Waals surface area contributed by atoms with Crippen molar-refractivity contribution in [1.82, 2.24) is 19.6 Å². The molecule has 6 nitrogen and oxygen atoms in total. The minimum absolute atomic E-state index is 0. The third kappa shape index (κ3) is 2.79. The van der Waals surface area contributed by atoms with Crippen molar-refractivity contribution in [2.75, 3.05) is 26.2 Å². The molecule has 1 saturated heterocycles. The van der Waals surface area contributed by atoms with Crippen LogP contribution in [0.15, 0.2) is 41.3 Å². The number of rotatable bonds is 1. The van der Waals surface area contributed by atoms with Gasteiger partial charge in [0.2, 0.25) is 0 Å². The van der Waals surface area contributed by atoms with Crippen molar-refractivity contribution < 1.29 is 4.79 Å². The summed E-state index contributed by atoms with van der Waals surface area (Å²) in [5.41, 5.74) is 1.93. The van der Waals surface area contributed by atoms with Crippen LogP contribution >= 0.6 is 12.4 Å². The summed E-state index contributed by atoms with van der Waals surface area (Å²) in [6.07, 6.45) is 2.77. The summed E-state index contributed by atoms with van der Waals surface area (Å²) in [5.74, 6) is 0.0160. The van der Waals surface area contributed by atoms with Crippen LogP contribution in [0.1, 0.15) is 16.8 Å². The third-order valence-corrected chi connectivity index (χ3v) is 4.34. The van der Waals surface area contributed by atoms with Gasteiger partial charge in [0.05, 0.1) is 16.5 Å². The molecule has 1 aliphatic heterocycles. The molecule has 0 unspecified atom stereocenters. The van der Waals surface area contributed by atoms with E-state index in [-0.39, 0.29) is 23.9 Å². The van der Waals surface area contributed by atoms with E-state index in [0.29, 0.717) is 23.1 Å². The summed E-state index contributed by atoms with van der Waals surface area (Å²) in [7, 11) is 0. The fourth-order valence-electron chi connectivity index (χ4n) is 3.17. The highest BCUT2D eigenvalue weighted by atomic mass is 35.5. The second-order valence-electron chi connectivity index (χ2n) is 5.85. The number of nitrogens with one attached hydrogen (secondary N) is 2. The van der Waals surface area contributed by atoms with Crippen molar-refractivity contribution >= 4 is 34.9 Å². The lowest BCUT2D eigenvalue weighted by molar-refractivity contribution is 0.0766. The average Bonchev–Trinajstić information content (AvgIpc) is 2.81. The lowest BCUT2D eigenvalue weighted by Crippen LogP contribution is -2.33. The van der Waals surface area contributed by atoms with E-state index in [1.807, 2.05) is 33.7 Å². The van der Waals surface area contributed by atoms with Gasteiger partial charge in [0.25, 0.3) is 11.5 Å². The standard InChI is InChI=1S/C17H18N4O2.ClH/c22-16-13-4-1-2-5-14(13)21-11-12(10-15(21)19-16)17(23)20-8-3-6-18-7-9-20;/h1-2,4-5,10-11,18H,3,6-9H2,(H,19,22);1H. The van der Waals surface area contributed by atoms with Gasteiger partial charge in [-0.15, -0.1) is 12.4 Å². The van der Waals surface area contributed by atoms with E-state index in [1.54, 1.807) is 12.1 Å². The predicted molar refractivity (Wildman–Crippen MR) is 96.2 cm³/mol. The molecule has 0 bridgehead atoms.